The monoisotopic (exact) mass is 451 g/mol. The second-order valence-corrected chi connectivity index (χ2v) is 7.74. The van der Waals surface area contributed by atoms with Crippen LogP contribution in [-0.4, -0.2) is 35.3 Å². The molecule has 32 heavy (non-hydrogen) atoms. The van der Waals surface area contributed by atoms with Gasteiger partial charge in [-0.25, -0.2) is 23.3 Å². The van der Waals surface area contributed by atoms with Crippen LogP contribution in [0.4, 0.5) is 14.5 Å². The lowest BCUT2D eigenvalue weighted by molar-refractivity contribution is 0.101. The summed E-state index contributed by atoms with van der Waals surface area (Å²) in [6.45, 7) is 0. The topological polar surface area (TPSA) is 90.0 Å². The van der Waals surface area contributed by atoms with Gasteiger partial charge in [-0.1, -0.05) is 30.3 Å². The molecule has 0 bridgehead atoms. The van der Waals surface area contributed by atoms with Crippen LogP contribution in [0.25, 0.3) is 27.6 Å². The molecule has 0 saturated heterocycles. The van der Waals surface area contributed by atoms with Crippen molar-refractivity contribution in [3.8, 4) is 22.0 Å². The van der Waals surface area contributed by atoms with Gasteiger partial charge in [0.25, 0.3) is 12.3 Å². The number of nitrogens with zero attached hydrogens (tertiary/aromatic N) is 6. The van der Waals surface area contributed by atoms with Crippen molar-refractivity contribution in [1.29, 1.82) is 0 Å². The molecule has 1 N–H and O–H groups in total. The first-order chi connectivity index (χ1) is 15.5. The number of hydrogen-bond acceptors (Lipinski definition) is 6. The molecule has 0 spiro atoms. The molecular weight excluding hydrogens is 436 g/mol. The van der Waals surface area contributed by atoms with Gasteiger partial charge < -0.3 is 5.32 Å². The fraction of sp³-hybridized carbons (Fsp3) is 0.0952. The second kappa shape index (κ2) is 7.93. The molecule has 0 aliphatic heterocycles. The Labute approximate surface area is 184 Å². The Balaban J connectivity index is 1.43. The first-order valence-electron chi connectivity index (χ1n) is 9.49. The van der Waals surface area contributed by atoms with Crippen molar-refractivity contribution < 1.29 is 13.6 Å². The summed E-state index contributed by atoms with van der Waals surface area (Å²) in [6, 6.07) is 13.0. The number of aryl methyl sites for hydroxylation is 1. The predicted octanol–water partition coefficient (Wildman–Crippen LogP) is 4.44. The SMILES string of the molecule is Cn1ncc(-c2nc(C(F)F)cs2)c1C(=O)Nc1ccn2nc(-c3ccccc3)nc2c1. The van der Waals surface area contributed by atoms with E-state index in [0.29, 0.717) is 27.7 Å². The van der Waals surface area contributed by atoms with E-state index >= 15 is 0 Å². The van der Waals surface area contributed by atoms with Crippen LogP contribution in [0.15, 0.2) is 60.2 Å². The van der Waals surface area contributed by atoms with E-state index in [9.17, 15) is 13.6 Å². The predicted molar refractivity (Wildman–Crippen MR) is 116 cm³/mol. The van der Waals surface area contributed by atoms with E-state index in [1.165, 1.54) is 16.3 Å². The molecule has 0 atom stereocenters. The molecule has 0 unspecified atom stereocenters. The zero-order chi connectivity index (χ0) is 22.2. The molecule has 5 aromatic rings. The molecule has 0 aliphatic carbocycles. The highest BCUT2D eigenvalue weighted by molar-refractivity contribution is 7.13. The molecule has 1 amide bonds. The molecule has 0 saturated carbocycles. The molecule has 0 radical (unpaired) electrons. The number of thiazole rings is 1. The van der Waals surface area contributed by atoms with Crippen molar-refractivity contribution in [2.24, 2.45) is 7.05 Å². The van der Waals surface area contributed by atoms with Crippen molar-refractivity contribution in [3.63, 3.8) is 0 Å². The number of carbonyl (C=O) groups excluding carboxylic acids is 1. The Hall–Kier alpha value is -3.99. The van der Waals surface area contributed by atoms with Crippen molar-refractivity contribution in [1.82, 2.24) is 29.4 Å². The van der Waals surface area contributed by atoms with Gasteiger partial charge in [-0.05, 0) is 6.07 Å². The third-order valence-electron chi connectivity index (χ3n) is 4.76. The minimum absolute atomic E-state index is 0.214. The smallest absolute Gasteiger partial charge is 0.281 e. The van der Waals surface area contributed by atoms with Gasteiger partial charge in [-0.3, -0.25) is 9.48 Å². The fourth-order valence-electron chi connectivity index (χ4n) is 3.23. The third-order valence-corrected chi connectivity index (χ3v) is 5.65. The van der Waals surface area contributed by atoms with Gasteiger partial charge in [0.2, 0.25) is 0 Å². The number of halogens is 2. The normalized spacial score (nSPS) is 11.4. The van der Waals surface area contributed by atoms with Crippen molar-refractivity contribution >= 4 is 28.6 Å². The summed E-state index contributed by atoms with van der Waals surface area (Å²) in [4.78, 5) is 21.5. The van der Waals surface area contributed by atoms with Crippen molar-refractivity contribution in [3.05, 3.63) is 71.6 Å². The third kappa shape index (κ3) is 3.62. The highest BCUT2D eigenvalue weighted by Gasteiger charge is 2.22. The van der Waals surface area contributed by atoms with Gasteiger partial charge in [0.1, 0.15) is 16.4 Å². The molecule has 0 aliphatic rings. The number of benzene rings is 1. The zero-order valence-corrected chi connectivity index (χ0v) is 17.4. The Bertz CT molecular complexity index is 1420. The Morgan fingerprint density at radius 3 is 2.72 bits per heavy atom. The van der Waals surface area contributed by atoms with Gasteiger partial charge in [-0.2, -0.15) is 5.10 Å². The highest BCUT2D eigenvalue weighted by atomic mass is 32.1. The Kier molecular flexibility index (Phi) is 4.94. The summed E-state index contributed by atoms with van der Waals surface area (Å²) in [6.07, 6.45) is 0.464. The minimum Gasteiger partial charge on any atom is -0.320 e. The van der Waals surface area contributed by atoms with Gasteiger partial charge in [0.15, 0.2) is 11.5 Å². The molecule has 4 aromatic heterocycles. The molecule has 0 fully saturated rings. The maximum absolute atomic E-state index is 13.0. The Morgan fingerprint density at radius 2 is 1.97 bits per heavy atom. The van der Waals surface area contributed by atoms with E-state index in [4.69, 9.17) is 0 Å². The maximum atomic E-state index is 13.0. The largest absolute Gasteiger partial charge is 0.320 e. The fourth-order valence-corrected chi connectivity index (χ4v) is 4.05. The van der Waals surface area contributed by atoms with E-state index in [0.717, 1.165) is 16.9 Å². The van der Waals surface area contributed by atoms with Crippen LogP contribution in [0.5, 0.6) is 0 Å². The zero-order valence-electron chi connectivity index (χ0n) is 16.6. The number of pyridine rings is 1. The minimum atomic E-state index is -2.68. The summed E-state index contributed by atoms with van der Waals surface area (Å²) in [5.41, 5.74) is 2.23. The number of aromatic nitrogens is 6. The summed E-state index contributed by atoms with van der Waals surface area (Å²) in [5.74, 6) is 0.127. The van der Waals surface area contributed by atoms with Crippen LogP contribution in [-0.2, 0) is 7.05 Å². The molecular formula is C21H15F2N7OS. The first kappa shape index (κ1) is 19.9. The lowest BCUT2D eigenvalue weighted by Crippen LogP contribution is -2.17. The second-order valence-electron chi connectivity index (χ2n) is 6.88. The molecule has 8 nitrogen and oxygen atoms in total. The van der Waals surface area contributed by atoms with Crippen LogP contribution in [0.1, 0.15) is 22.6 Å². The maximum Gasteiger partial charge on any atom is 0.281 e. The van der Waals surface area contributed by atoms with Crippen LogP contribution < -0.4 is 5.32 Å². The lowest BCUT2D eigenvalue weighted by atomic mass is 10.2. The van der Waals surface area contributed by atoms with Gasteiger partial charge >= 0.3 is 0 Å². The molecule has 4 heterocycles. The average Bonchev–Trinajstić information content (AvgIpc) is 3.51. The molecule has 5 rings (SSSR count). The molecule has 160 valence electrons. The van der Waals surface area contributed by atoms with Crippen molar-refractivity contribution in [2.45, 2.75) is 6.43 Å². The molecule has 11 heteroatoms. The van der Waals surface area contributed by atoms with Crippen LogP contribution in [0.2, 0.25) is 0 Å². The van der Waals surface area contributed by atoms with E-state index in [1.54, 1.807) is 29.9 Å². The average molecular weight is 451 g/mol. The van der Waals surface area contributed by atoms with E-state index in [2.05, 4.69) is 25.5 Å². The number of rotatable bonds is 5. The number of anilines is 1. The quantitative estimate of drug-likeness (QED) is 0.427. The van der Waals surface area contributed by atoms with Crippen LogP contribution in [0, 0.1) is 0 Å². The first-order valence-corrected chi connectivity index (χ1v) is 10.4. The van der Waals surface area contributed by atoms with Crippen LogP contribution in [0.3, 0.4) is 0 Å². The number of fused-ring (bicyclic) bond motifs is 1. The summed E-state index contributed by atoms with van der Waals surface area (Å²) < 4.78 is 28.8. The summed E-state index contributed by atoms with van der Waals surface area (Å²) in [5, 5.41) is 12.9. The standard InChI is InChI=1S/C21H15F2N7OS/c1-29-17(14(10-24-29)21-26-15(11-32-21)18(22)23)20(31)25-13-7-8-30-16(9-13)27-19(28-30)12-5-3-2-4-6-12/h2-11,18H,1H3,(H,25,31). The van der Waals surface area contributed by atoms with Gasteiger partial charge in [0, 0.05) is 35.9 Å². The van der Waals surface area contributed by atoms with Crippen molar-refractivity contribution in [2.75, 3.05) is 5.32 Å². The van der Waals surface area contributed by atoms with Gasteiger partial charge in [0.05, 0.1) is 11.8 Å². The number of carbonyl (C=O) groups is 1. The highest BCUT2D eigenvalue weighted by Crippen LogP contribution is 2.30. The van der Waals surface area contributed by atoms with Gasteiger partial charge in [-0.15, -0.1) is 16.4 Å². The number of alkyl halides is 2. The summed E-state index contributed by atoms with van der Waals surface area (Å²) in [7, 11) is 1.61. The number of nitrogens with one attached hydrogen (secondary N) is 1. The van der Waals surface area contributed by atoms with Crippen LogP contribution >= 0.6 is 11.3 Å². The van der Waals surface area contributed by atoms with E-state index in [-0.39, 0.29) is 11.4 Å². The Morgan fingerprint density at radius 1 is 1.16 bits per heavy atom. The lowest BCUT2D eigenvalue weighted by Gasteiger charge is -2.07. The number of amides is 1. The van der Waals surface area contributed by atoms with E-state index in [1.807, 2.05) is 30.3 Å². The van der Waals surface area contributed by atoms with E-state index < -0.39 is 12.3 Å². The summed E-state index contributed by atoms with van der Waals surface area (Å²) >= 11 is 1.04. The molecule has 1 aromatic carbocycles. The number of hydrogen-bond donors (Lipinski definition) is 1.